The van der Waals surface area contributed by atoms with Gasteiger partial charge in [0.1, 0.15) is 17.6 Å². The van der Waals surface area contributed by atoms with Crippen molar-refractivity contribution in [3.05, 3.63) is 65.6 Å². The Bertz CT molecular complexity index is 811. The predicted molar refractivity (Wildman–Crippen MR) is 92.6 cm³/mol. The molecule has 1 atom stereocenters. The van der Waals surface area contributed by atoms with Gasteiger partial charge in [0.2, 0.25) is 5.91 Å². The molecule has 0 saturated carbocycles. The minimum absolute atomic E-state index is 0.0816. The SMILES string of the molecule is CC[C@H](C(=O)NCc1ccc(-c2cccc(Cl)c2)o1)n1cccn1. The molecule has 24 heavy (non-hydrogen) atoms. The smallest absolute Gasteiger partial charge is 0.245 e. The fourth-order valence-corrected chi connectivity index (χ4v) is 2.71. The number of halogens is 1. The number of carbonyl (C=O) groups excluding carboxylic acids is 1. The van der Waals surface area contributed by atoms with Gasteiger partial charge in [0.05, 0.1) is 6.54 Å². The molecule has 0 saturated heterocycles. The molecule has 3 aromatic rings. The van der Waals surface area contributed by atoms with Gasteiger partial charge in [-0.2, -0.15) is 5.10 Å². The molecule has 5 nitrogen and oxygen atoms in total. The number of benzene rings is 1. The van der Waals surface area contributed by atoms with Crippen LogP contribution in [0.15, 0.2) is 59.3 Å². The monoisotopic (exact) mass is 343 g/mol. The number of hydrogen-bond donors (Lipinski definition) is 1. The van der Waals surface area contributed by atoms with Crippen molar-refractivity contribution in [1.82, 2.24) is 15.1 Å². The van der Waals surface area contributed by atoms with E-state index in [1.807, 2.05) is 43.3 Å². The zero-order valence-electron chi connectivity index (χ0n) is 13.3. The van der Waals surface area contributed by atoms with E-state index in [1.165, 1.54) is 0 Å². The normalized spacial score (nSPS) is 12.1. The maximum atomic E-state index is 12.3. The molecule has 2 aromatic heterocycles. The van der Waals surface area contributed by atoms with Gasteiger partial charge in [0, 0.05) is 23.0 Å². The van der Waals surface area contributed by atoms with Gasteiger partial charge in [-0.1, -0.05) is 30.7 Å². The van der Waals surface area contributed by atoms with Gasteiger partial charge in [-0.15, -0.1) is 0 Å². The molecule has 1 N–H and O–H groups in total. The summed E-state index contributed by atoms with van der Waals surface area (Å²) in [5.41, 5.74) is 0.906. The summed E-state index contributed by atoms with van der Waals surface area (Å²) < 4.78 is 7.44. The number of aromatic nitrogens is 2. The molecule has 0 bridgehead atoms. The first-order valence-electron chi connectivity index (χ1n) is 7.79. The summed E-state index contributed by atoms with van der Waals surface area (Å²) in [7, 11) is 0. The van der Waals surface area contributed by atoms with Crippen molar-refractivity contribution < 1.29 is 9.21 Å². The van der Waals surface area contributed by atoms with Gasteiger partial charge in [-0.3, -0.25) is 9.48 Å². The summed E-state index contributed by atoms with van der Waals surface area (Å²) in [5.74, 6) is 1.33. The third kappa shape index (κ3) is 3.68. The summed E-state index contributed by atoms with van der Waals surface area (Å²) in [6.45, 7) is 2.28. The molecule has 1 amide bonds. The van der Waals surface area contributed by atoms with Crippen LogP contribution >= 0.6 is 11.6 Å². The van der Waals surface area contributed by atoms with E-state index < -0.39 is 0 Å². The molecule has 0 unspecified atom stereocenters. The Morgan fingerprint density at radius 3 is 2.92 bits per heavy atom. The molecular weight excluding hydrogens is 326 g/mol. The zero-order chi connectivity index (χ0) is 16.9. The third-order valence-corrected chi connectivity index (χ3v) is 3.98. The highest BCUT2D eigenvalue weighted by molar-refractivity contribution is 6.30. The van der Waals surface area contributed by atoms with Crippen LogP contribution in [0.3, 0.4) is 0 Å². The lowest BCUT2D eigenvalue weighted by molar-refractivity contribution is -0.125. The molecule has 0 aliphatic carbocycles. The second kappa shape index (κ2) is 7.36. The molecule has 0 spiro atoms. The summed E-state index contributed by atoms with van der Waals surface area (Å²) in [6, 6.07) is 12.7. The second-order valence-electron chi connectivity index (χ2n) is 5.40. The molecule has 0 aliphatic heterocycles. The number of furan rings is 1. The Kier molecular flexibility index (Phi) is 5.01. The molecule has 1 aromatic carbocycles. The highest BCUT2D eigenvalue weighted by Crippen LogP contribution is 2.24. The van der Waals surface area contributed by atoms with Crippen LogP contribution in [0, 0.1) is 0 Å². The van der Waals surface area contributed by atoms with Crippen LogP contribution in [0.4, 0.5) is 0 Å². The number of hydrogen-bond acceptors (Lipinski definition) is 3. The van der Waals surface area contributed by atoms with Crippen molar-refractivity contribution in [3.8, 4) is 11.3 Å². The number of nitrogens with zero attached hydrogens (tertiary/aromatic N) is 2. The fraction of sp³-hybridized carbons (Fsp3) is 0.222. The molecule has 6 heteroatoms. The van der Waals surface area contributed by atoms with E-state index in [4.69, 9.17) is 16.0 Å². The van der Waals surface area contributed by atoms with Crippen LogP contribution in [-0.2, 0) is 11.3 Å². The van der Waals surface area contributed by atoms with Gasteiger partial charge in [0.15, 0.2) is 0 Å². The zero-order valence-corrected chi connectivity index (χ0v) is 14.0. The summed E-state index contributed by atoms with van der Waals surface area (Å²) in [4.78, 5) is 12.3. The minimum Gasteiger partial charge on any atom is -0.459 e. The molecule has 3 rings (SSSR count). The Labute approximate surface area is 145 Å². The maximum absolute atomic E-state index is 12.3. The van der Waals surface area contributed by atoms with Crippen molar-refractivity contribution in [1.29, 1.82) is 0 Å². The number of nitrogens with one attached hydrogen (secondary N) is 1. The predicted octanol–water partition coefficient (Wildman–Crippen LogP) is 4.06. The standard InChI is InChI=1S/C18H18ClN3O2/c1-2-16(22-10-4-9-21-22)18(23)20-12-15-7-8-17(24-15)13-5-3-6-14(19)11-13/h3-11,16H,2,12H2,1H3,(H,20,23)/t16-/m1/s1. The molecule has 0 radical (unpaired) electrons. The average molecular weight is 344 g/mol. The molecule has 124 valence electrons. The van der Waals surface area contributed by atoms with Crippen molar-refractivity contribution in [2.45, 2.75) is 25.9 Å². The Hall–Kier alpha value is -2.53. The number of rotatable bonds is 6. The average Bonchev–Trinajstić information content (AvgIpc) is 3.26. The largest absolute Gasteiger partial charge is 0.459 e. The van der Waals surface area contributed by atoms with Crippen molar-refractivity contribution >= 4 is 17.5 Å². The van der Waals surface area contributed by atoms with Crippen molar-refractivity contribution in [3.63, 3.8) is 0 Å². The van der Waals surface area contributed by atoms with Crippen molar-refractivity contribution in [2.24, 2.45) is 0 Å². The van der Waals surface area contributed by atoms with Crippen molar-refractivity contribution in [2.75, 3.05) is 0 Å². The van der Waals surface area contributed by atoms with E-state index in [1.54, 1.807) is 23.1 Å². The first kappa shape index (κ1) is 16.3. The molecule has 2 heterocycles. The third-order valence-electron chi connectivity index (χ3n) is 3.74. The van der Waals surface area contributed by atoms with Gasteiger partial charge in [0.25, 0.3) is 0 Å². The lowest BCUT2D eigenvalue weighted by Crippen LogP contribution is -2.32. The van der Waals surface area contributed by atoms with E-state index in [-0.39, 0.29) is 11.9 Å². The Morgan fingerprint density at radius 2 is 2.21 bits per heavy atom. The highest BCUT2D eigenvalue weighted by Gasteiger charge is 2.18. The van der Waals surface area contributed by atoms with Crippen LogP contribution in [0.1, 0.15) is 25.1 Å². The van der Waals surface area contributed by atoms with E-state index in [2.05, 4.69) is 10.4 Å². The summed E-state index contributed by atoms with van der Waals surface area (Å²) in [6.07, 6.45) is 4.12. The van der Waals surface area contributed by atoms with Crippen LogP contribution in [-0.4, -0.2) is 15.7 Å². The topological polar surface area (TPSA) is 60.1 Å². The summed E-state index contributed by atoms with van der Waals surface area (Å²) >= 11 is 6.00. The van der Waals surface area contributed by atoms with Gasteiger partial charge in [-0.05, 0) is 36.8 Å². The van der Waals surface area contributed by atoms with E-state index in [9.17, 15) is 4.79 Å². The molecular formula is C18H18ClN3O2. The Morgan fingerprint density at radius 1 is 1.33 bits per heavy atom. The van der Waals surface area contributed by atoms with E-state index in [0.717, 1.165) is 11.3 Å². The first-order valence-corrected chi connectivity index (χ1v) is 8.16. The van der Waals surface area contributed by atoms with Gasteiger partial charge >= 0.3 is 0 Å². The minimum atomic E-state index is -0.317. The number of amides is 1. The Balaban J connectivity index is 1.64. The van der Waals surface area contributed by atoms with E-state index >= 15 is 0 Å². The quantitative estimate of drug-likeness (QED) is 0.734. The van der Waals surface area contributed by atoms with Crippen LogP contribution in [0.5, 0.6) is 0 Å². The lowest BCUT2D eigenvalue weighted by Gasteiger charge is -2.14. The number of carbonyl (C=O) groups is 1. The first-order chi connectivity index (χ1) is 11.7. The molecule has 0 aliphatic rings. The lowest BCUT2D eigenvalue weighted by atomic mass is 10.2. The van der Waals surface area contributed by atoms with Crippen LogP contribution < -0.4 is 5.32 Å². The summed E-state index contributed by atoms with van der Waals surface area (Å²) in [5, 5.41) is 7.69. The van der Waals surface area contributed by atoms with E-state index in [0.29, 0.717) is 23.7 Å². The fourth-order valence-electron chi connectivity index (χ4n) is 2.52. The van der Waals surface area contributed by atoms with Crippen LogP contribution in [0.2, 0.25) is 5.02 Å². The maximum Gasteiger partial charge on any atom is 0.245 e. The van der Waals surface area contributed by atoms with Crippen LogP contribution in [0.25, 0.3) is 11.3 Å². The molecule has 0 fully saturated rings. The van der Waals surface area contributed by atoms with Gasteiger partial charge in [-0.25, -0.2) is 0 Å². The van der Waals surface area contributed by atoms with Gasteiger partial charge < -0.3 is 9.73 Å². The highest BCUT2D eigenvalue weighted by atomic mass is 35.5. The second-order valence-corrected chi connectivity index (χ2v) is 5.84.